The van der Waals surface area contributed by atoms with E-state index < -0.39 is 5.82 Å². The summed E-state index contributed by atoms with van der Waals surface area (Å²) in [7, 11) is 0. The predicted octanol–water partition coefficient (Wildman–Crippen LogP) is 4.20. The largest absolute Gasteiger partial charge is 0.396 e. The summed E-state index contributed by atoms with van der Waals surface area (Å²) in [6.45, 7) is 1.22. The first-order valence-corrected chi connectivity index (χ1v) is 11.4. The number of amides is 1. The average Bonchev–Trinajstić information content (AvgIpc) is 3.40. The number of aliphatic hydroxyl groups is 1. The van der Waals surface area contributed by atoms with Crippen molar-refractivity contribution in [3.8, 4) is 23.1 Å². The second-order valence-corrected chi connectivity index (χ2v) is 8.71. The van der Waals surface area contributed by atoms with Crippen molar-refractivity contribution in [3.63, 3.8) is 0 Å². The van der Waals surface area contributed by atoms with Gasteiger partial charge in [0.2, 0.25) is 0 Å². The lowest BCUT2D eigenvalue weighted by atomic mass is 10.1. The molecule has 1 N–H and O–H groups in total. The summed E-state index contributed by atoms with van der Waals surface area (Å²) >= 11 is 0. The number of halogens is 1. The molecular formula is C26H25FN4O2. The van der Waals surface area contributed by atoms with Crippen molar-refractivity contribution in [1.29, 1.82) is 5.26 Å². The molecule has 1 aliphatic carbocycles. The van der Waals surface area contributed by atoms with Gasteiger partial charge in [0.15, 0.2) is 5.69 Å². The molecule has 0 radical (unpaired) electrons. The number of nitriles is 1. The Morgan fingerprint density at radius 3 is 2.48 bits per heavy atom. The lowest BCUT2D eigenvalue weighted by Gasteiger charge is -2.16. The number of carbonyl (C=O) groups is 1. The third-order valence-electron chi connectivity index (χ3n) is 6.47. The van der Waals surface area contributed by atoms with E-state index in [9.17, 15) is 14.3 Å². The van der Waals surface area contributed by atoms with E-state index in [1.165, 1.54) is 30.5 Å². The van der Waals surface area contributed by atoms with Gasteiger partial charge in [0.25, 0.3) is 5.91 Å². The molecule has 1 amide bonds. The number of hydrogen-bond donors (Lipinski definition) is 1. The molecule has 6 nitrogen and oxygen atoms in total. The van der Waals surface area contributed by atoms with Crippen LogP contribution < -0.4 is 0 Å². The second kappa shape index (κ2) is 8.80. The minimum atomic E-state index is -0.634. The first-order valence-electron chi connectivity index (χ1n) is 11.4. The Morgan fingerprint density at radius 1 is 1.15 bits per heavy atom. The maximum atomic E-state index is 14.5. The molecule has 33 heavy (non-hydrogen) atoms. The van der Waals surface area contributed by atoms with Gasteiger partial charge in [-0.15, -0.1) is 0 Å². The van der Waals surface area contributed by atoms with Gasteiger partial charge in [0, 0.05) is 37.4 Å². The number of likely N-dealkylation sites (tertiary alicyclic amines) is 1. The van der Waals surface area contributed by atoms with Gasteiger partial charge >= 0.3 is 0 Å². The molecule has 0 spiro atoms. The molecule has 0 bridgehead atoms. The van der Waals surface area contributed by atoms with Crippen LogP contribution >= 0.6 is 0 Å². The smallest absolute Gasteiger partial charge is 0.274 e. The van der Waals surface area contributed by atoms with Crippen molar-refractivity contribution >= 4 is 5.91 Å². The molecular weight excluding hydrogens is 419 g/mol. The van der Waals surface area contributed by atoms with Crippen LogP contribution in [0.2, 0.25) is 0 Å². The highest BCUT2D eigenvalue weighted by Gasteiger charge is 2.29. The fraction of sp³-hybridized carbons (Fsp3) is 0.346. The Kier molecular flexibility index (Phi) is 5.69. The number of aromatic nitrogens is 2. The zero-order valence-corrected chi connectivity index (χ0v) is 18.3. The lowest BCUT2D eigenvalue weighted by Crippen LogP contribution is -2.29. The quantitative estimate of drug-likeness (QED) is 0.618. The summed E-state index contributed by atoms with van der Waals surface area (Å²) < 4.78 is 16.3. The molecule has 2 aliphatic rings. The van der Waals surface area contributed by atoms with Gasteiger partial charge in [0.1, 0.15) is 17.7 Å². The highest BCUT2D eigenvalue weighted by molar-refractivity contribution is 5.95. The van der Waals surface area contributed by atoms with Crippen molar-refractivity contribution in [3.05, 3.63) is 70.8 Å². The van der Waals surface area contributed by atoms with Crippen LogP contribution in [0.4, 0.5) is 4.39 Å². The van der Waals surface area contributed by atoms with Gasteiger partial charge in [-0.25, -0.2) is 9.37 Å². The zero-order chi connectivity index (χ0) is 22.9. The average molecular weight is 445 g/mol. The lowest BCUT2D eigenvalue weighted by molar-refractivity contribution is 0.0786. The Labute approximate surface area is 191 Å². The number of hydrogen-bond acceptors (Lipinski definition) is 4. The standard InChI is InChI=1S/C26H25FN4O2/c27-22-15-19(5-6-20(22)16-28)25-29-24(26(33)30-12-1-2-13-30)23(11-14-32)31(25)21-9-7-18(8-10-21)17-3-4-17/h5-10,15,17,32H,1-4,11-14H2. The maximum absolute atomic E-state index is 14.5. The summed E-state index contributed by atoms with van der Waals surface area (Å²) in [5.41, 5.74) is 3.40. The summed E-state index contributed by atoms with van der Waals surface area (Å²) in [6, 6.07) is 14.3. The predicted molar refractivity (Wildman–Crippen MR) is 122 cm³/mol. The van der Waals surface area contributed by atoms with E-state index >= 15 is 0 Å². The van der Waals surface area contributed by atoms with Crippen molar-refractivity contribution in [2.45, 2.75) is 38.0 Å². The van der Waals surface area contributed by atoms with Crippen LogP contribution in [-0.4, -0.2) is 45.2 Å². The maximum Gasteiger partial charge on any atom is 0.274 e. The van der Waals surface area contributed by atoms with Crippen molar-refractivity contribution < 1.29 is 14.3 Å². The summed E-state index contributed by atoms with van der Waals surface area (Å²) in [5, 5.41) is 18.9. The summed E-state index contributed by atoms with van der Waals surface area (Å²) in [4.78, 5) is 19.8. The monoisotopic (exact) mass is 444 g/mol. The number of imidazole rings is 1. The van der Waals surface area contributed by atoms with E-state index in [1.807, 2.05) is 22.8 Å². The molecule has 1 saturated carbocycles. The number of nitrogens with zero attached hydrogens (tertiary/aromatic N) is 4. The van der Waals surface area contributed by atoms with Crippen molar-refractivity contribution in [2.75, 3.05) is 19.7 Å². The first kappa shape index (κ1) is 21.4. The van der Waals surface area contributed by atoms with E-state index in [1.54, 1.807) is 11.0 Å². The first-order chi connectivity index (χ1) is 16.1. The Hall–Kier alpha value is -3.50. The molecule has 7 heteroatoms. The Balaban J connectivity index is 1.68. The van der Waals surface area contributed by atoms with Gasteiger partial charge in [-0.3, -0.25) is 9.36 Å². The molecule has 0 atom stereocenters. The van der Waals surface area contributed by atoms with Crippen molar-refractivity contribution in [1.82, 2.24) is 14.5 Å². The molecule has 2 heterocycles. The van der Waals surface area contributed by atoms with Crippen LogP contribution in [-0.2, 0) is 6.42 Å². The molecule has 1 saturated heterocycles. The van der Waals surface area contributed by atoms with Gasteiger partial charge in [0.05, 0.1) is 11.3 Å². The van der Waals surface area contributed by atoms with Gasteiger partial charge in [-0.05, 0) is 67.5 Å². The zero-order valence-electron chi connectivity index (χ0n) is 18.3. The van der Waals surface area contributed by atoms with E-state index in [4.69, 9.17) is 10.2 Å². The molecule has 1 aliphatic heterocycles. The van der Waals surface area contributed by atoms with E-state index in [0.717, 1.165) is 18.5 Å². The minimum Gasteiger partial charge on any atom is -0.396 e. The third kappa shape index (κ3) is 4.03. The van der Waals surface area contributed by atoms with E-state index in [2.05, 4.69) is 12.1 Å². The molecule has 5 rings (SSSR count). The minimum absolute atomic E-state index is 0.0467. The molecule has 2 fully saturated rings. The fourth-order valence-electron chi connectivity index (χ4n) is 4.56. The van der Waals surface area contributed by atoms with Crippen LogP contribution in [0.25, 0.3) is 17.1 Å². The highest BCUT2D eigenvalue weighted by Crippen LogP contribution is 2.40. The third-order valence-corrected chi connectivity index (χ3v) is 6.47. The number of benzene rings is 2. The van der Waals surface area contributed by atoms with Gasteiger partial charge < -0.3 is 10.0 Å². The molecule has 1 aromatic heterocycles. The molecule has 2 aromatic carbocycles. The number of aliphatic hydroxyl groups excluding tert-OH is 1. The molecule has 3 aromatic rings. The highest BCUT2D eigenvalue weighted by atomic mass is 19.1. The second-order valence-electron chi connectivity index (χ2n) is 8.71. The van der Waals surface area contributed by atoms with Crippen LogP contribution in [0.1, 0.15) is 58.9 Å². The van der Waals surface area contributed by atoms with Crippen LogP contribution in [0.15, 0.2) is 42.5 Å². The van der Waals surface area contributed by atoms with Crippen LogP contribution in [0, 0.1) is 17.1 Å². The molecule has 168 valence electrons. The summed E-state index contributed by atoms with van der Waals surface area (Å²) in [6.07, 6.45) is 4.55. The van der Waals surface area contributed by atoms with Crippen LogP contribution in [0.3, 0.4) is 0 Å². The van der Waals surface area contributed by atoms with Gasteiger partial charge in [-0.1, -0.05) is 12.1 Å². The number of carbonyl (C=O) groups excluding carboxylic acids is 1. The summed E-state index contributed by atoms with van der Waals surface area (Å²) in [5.74, 6) is 0.228. The SMILES string of the molecule is N#Cc1ccc(-c2nc(C(=O)N3CCCC3)c(CCO)n2-c2ccc(C3CC3)cc2)cc1F. The van der Waals surface area contributed by atoms with E-state index in [-0.39, 0.29) is 30.2 Å². The Bertz CT molecular complexity index is 1230. The Morgan fingerprint density at radius 2 is 1.88 bits per heavy atom. The topological polar surface area (TPSA) is 82.2 Å². The van der Waals surface area contributed by atoms with E-state index in [0.29, 0.717) is 36.1 Å². The van der Waals surface area contributed by atoms with Crippen molar-refractivity contribution in [2.24, 2.45) is 0 Å². The van der Waals surface area contributed by atoms with Crippen LogP contribution in [0.5, 0.6) is 0 Å². The fourth-order valence-corrected chi connectivity index (χ4v) is 4.56. The number of rotatable bonds is 6. The van der Waals surface area contributed by atoms with Gasteiger partial charge in [-0.2, -0.15) is 5.26 Å². The molecule has 0 unspecified atom stereocenters. The normalized spacial score (nSPS) is 15.6.